The van der Waals surface area contributed by atoms with Gasteiger partial charge in [-0.3, -0.25) is 9.59 Å². The number of aliphatic hydroxyl groups is 5. The van der Waals surface area contributed by atoms with Crippen LogP contribution in [-0.4, -0.2) is 99.6 Å². The van der Waals surface area contributed by atoms with Crippen molar-refractivity contribution in [3.8, 4) is 0 Å². The molecule has 6 N–H and O–H groups in total. The Balaban J connectivity index is 2.65. The molecule has 77 heavy (non-hydrogen) atoms. The van der Waals surface area contributed by atoms with Crippen LogP contribution in [0.5, 0.6) is 0 Å². The zero-order valence-electron chi connectivity index (χ0n) is 49.3. The van der Waals surface area contributed by atoms with E-state index in [0.29, 0.717) is 12.8 Å². The third-order valence-corrected chi connectivity index (χ3v) is 14.6. The Morgan fingerprint density at radius 2 is 0.896 bits per heavy atom. The number of aliphatic hydroxyl groups excluding tert-OH is 5. The van der Waals surface area contributed by atoms with Crippen LogP contribution in [0.15, 0.2) is 72.9 Å². The predicted octanol–water partition coefficient (Wildman–Crippen LogP) is 15.2. The number of rotatable bonds is 53. The number of amides is 1. The summed E-state index contributed by atoms with van der Waals surface area (Å²) < 4.78 is 17.6. The van der Waals surface area contributed by atoms with Crippen molar-refractivity contribution < 1.29 is 49.3 Å². The van der Waals surface area contributed by atoms with E-state index in [1.165, 1.54) is 122 Å². The van der Waals surface area contributed by atoms with Crippen molar-refractivity contribution in [1.82, 2.24) is 5.32 Å². The molecule has 0 bridgehead atoms. The Kier molecular flexibility index (Phi) is 50.3. The fourth-order valence-corrected chi connectivity index (χ4v) is 9.51. The molecular formula is C66H117NO10. The molecule has 0 saturated carbocycles. The molecule has 8 unspecified atom stereocenters. The average molecular weight is 1080 g/mol. The van der Waals surface area contributed by atoms with Crippen LogP contribution in [0.2, 0.25) is 0 Å². The van der Waals surface area contributed by atoms with Crippen molar-refractivity contribution in [2.45, 2.75) is 320 Å². The van der Waals surface area contributed by atoms with Crippen molar-refractivity contribution >= 4 is 11.9 Å². The van der Waals surface area contributed by atoms with Crippen LogP contribution in [-0.2, 0) is 23.8 Å². The fourth-order valence-electron chi connectivity index (χ4n) is 9.51. The van der Waals surface area contributed by atoms with Gasteiger partial charge in [0.25, 0.3) is 0 Å². The van der Waals surface area contributed by atoms with Crippen molar-refractivity contribution in [3.05, 3.63) is 72.9 Å². The number of carbonyl (C=O) groups excluding carboxylic acids is 2. The smallest absolute Gasteiger partial charge is 0.306 e. The first-order valence-corrected chi connectivity index (χ1v) is 31.7. The largest absolute Gasteiger partial charge is 0.454 e. The molecule has 1 saturated heterocycles. The maximum Gasteiger partial charge on any atom is 0.306 e. The van der Waals surface area contributed by atoms with Crippen LogP contribution in [0, 0.1) is 0 Å². The molecule has 8 atom stereocenters. The summed E-state index contributed by atoms with van der Waals surface area (Å²) >= 11 is 0. The molecular weight excluding hydrogens is 967 g/mol. The normalized spacial score (nSPS) is 19.5. The minimum Gasteiger partial charge on any atom is -0.454 e. The molecule has 11 nitrogen and oxygen atoms in total. The molecule has 1 aliphatic rings. The number of ether oxygens (including phenoxy) is 3. The van der Waals surface area contributed by atoms with Crippen LogP contribution in [0.3, 0.4) is 0 Å². The van der Waals surface area contributed by atoms with Gasteiger partial charge in [-0.2, -0.15) is 0 Å². The number of nitrogens with one attached hydrogen (secondary N) is 1. The third kappa shape index (κ3) is 41.7. The first-order valence-electron chi connectivity index (χ1n) is 31.7. The lowest BCUT2D eigenvalue weighted by Crippen LogP contribution is -2.61. The highest BCUT2D eigenvalue weighted by molar-refractivity contribution is 5.80. The van der Waals surface area contributed by atoms with Gasteiger partial charge in [-0.25, -0.2) is 0 Å². The van der Waals surface area contributed by atoms with Gasteiger partial charge in [0.15, 0.2) is 12.4 Å². The van der Waals surface area contributed by atoms with E-state index in [0.717, 1.165) is 103 Å². The Morgan fingerprint density at radius 1 is 0.506 bits per heavy atom. The van der Waals surface area contributed by atoms with Gasteiger partial charge in [-0.05, 0) is 96.3 Å². The van der Waals surface area contributed by atoms with Gasteiger partial charge in [0, 0.05) is 6.42 Å². The molecule has 1 heterocycles. The number of hydrogen-bond donors (Lipinski definition) is 6. The number of hydrogen-bond acceptors (Lipinski definition) is 10. The van der Waals surface area contributed by atoms with E-state index < -0.39 is 67.4 Å². The van der Waals surface area contributed by atoms with Gasteiger partial charge >= 0.3 is 5.97 Å². The summed E-state index contributed by atoms with van der Waals surface area (Å²) in [7, 11) is 0. The molecule has 0 aromatic carbocycles. The standard InChI is InChI=1S/C66H117NO10/c1-4-7-10-13-16-19-22-25-26-27-28-29-30-31-32-33-34-36-39-42-45-48-51-54-61(71)77-64-63(73)62(72)60(55-68)76-66(64)75-56-57(58(69)52-49-46-43-40-37-24-21-18-15-12-9-6-3)67-65(74)59(70)53-50-47-44-41-38-35-23-20-17-14-11-8-5-2/h16,19,25-26,28-29,31-32,38,41,49,52,57-60,62-64,66,68-70,72-73H,4-15,17-18,20-24,27,30,33-37,39-40,42-48,50-51,53-56H2,1-3H3,(H,67,74)/b19-16-,26-25-,29-28-,32-31-,41-38-,52-49+. The van der Waals surface area contributed by atoms with Crippen molar-refractivity contribution in [2.75, 3.05) is 13.2 Å². The second-order valence-electron chi connectivity index (χ2n) is 21.8. The minimum atomic E-state index is -1.62. The van der Waals surface area contributed by atoms with Gasteiger partial charge < -0.3 is 45.1 Å². The third-order valence-electron chi connectivity index (χ3n) is 14.6. The van der Waals surface area contributed by atoms with Gasteiger partial charge in [0.2, 0.25) is 5.91 Å². The highest BCUT2D eigenvalue weighted by Crippen LogP contribution is 2.26. The summed E-state index contributed by atoms with van der Waals surface area (Å²) in [5.74, 6) is -1.22. The lowest BCUT2D eigenvalue weighted by atomic mass is 9.99. The number of esters is 1. The van der Waals surface area contributed by atoms with Crippen LogP contribution in [0.25, 0.3) is 0 Å². The number of carbonyl (C=O) groups is 2. The Hall–Kier alpha value is -2.90. The van der Waals surface area contributed by atoms with E-state index in [2.05, 4.69) is 86.8 Å². The zero-order chi connectivity index (χ0) is 56.1. The lowest BCUT2D eigenvalue weighted by molar-refractivity contribution is -0.305. The minimum absolute atomic E-state index is 0.107. The Labute approximate surface area is 471 Å². The molecule has 1 amide bonds. The second-order valence-corrected chi connectivity index (χ2v) is 21.8. The second kappa shape index (κ2) is 53.7. The summed E-state index contributed by atoms with van der Waals surface area (Å²) in [4.78, 5) is 26.5. The molecule has 0 aromatic rings. The van der Waals surface area contributed by atoms with Gasteiger partial charge in [-0.1, -0.05) is 241 Å². The fraction of sp³-hybridized carbons (Fsp3) is 0.788. The number of allylic oxidation sites excluding steroid dienone is 11. The van der Waals surface area contributed by atoms with Gasteiger partial charge in [0.1, 0.15) is 24.4 Å². The van der Waals surface area contributed by atoms with Gasteiger partial charge in [0.05, 0.1) is 25.4 Å². The Bertz CT molecular complexity index is 1530. The van der Waals surface area contributed by atoms with Crippen LogP contribution >= 0.6 is 0 Å². The molecule has 0 aliphatic carbocycles. The highest BCUT2D eigenvalue weighted by Gasteiger charge is 2.47. The maximum absolute atomic E-state index is 13.4. The van der Waals surface area contributed by atoms with Crippen LogP contribution in [0.1, 0.15) is 271 Å². The predicted molar refractivity (Wildman–Crippen MR) is 319 cm³/mol. The van der Waals surface area contributed by atoms with Crippen molar-refractivity contribution in [1.29, 1.82) is 0 Å². The summed E-state index contributed by atoms with van der Waals surface area (Å²) in [5.41, 5.74) is 0. The number of unbranched alkanes of at least 4 members (excludes halogenated alkanes) is 29. The summed E-state index contributed by atoms with van der Waals surface area (Å²) in [6.45, 7) is 5.74. The van der Waals surface area contributed by atoms with E-state index >= 15 is 0 Å². The maximum atomic E-state index is 13.4. The molecule has 1 aliphatic heterocycles. The van der Waals surface area contributed by atoms with E-state index in [-0.39, 0.29) is 19.4 Å². The van der Waals surface area contributed by atoms with Crippen LogP contribution in [0.4, 0.5) is 0 Å². The first kappa shape index (κ1) is 72.1. The monoisotopic (exact) mass is 1080 g/mol. The van der Waals surface area contributed by atoms with Crippen molar-refractivity contribution in [3.63, 3.8) is 0 Å². The summed E-state index contributed by atoms with van der Waals surface area (Å²) in [5, 5.41) is 56.9. The van der Waals surface area contributed by atoms with E-state index in [9.17, 15) is 35.1 Å². The molecule has 446 valence electrons. The SMILES string of the molecule is CCCCC/C=C\C/C=C\C/C=C\C/C=C\CCCCCCCCCC(=O)OC1C(OCC(NC(=O)C(O)CCCC/C=C\CCCCCCCCC)C(O)/C=C/CCCCCCCCCCCC)OC(CO)C(O)C1O. The lowest BCUT2D eigenvalue weighted by Gasteiger charge is -2.41. The zero-order valence-corrected chi connectivity index (χ0v) is 49.3. The van der Waals surface area contributed by atoms with Crippen LogP contribution < -0.4 is 5.32 Å². The Morgan fingerprint density at radius 3 is 1.38 bits per heavy atom. The van der Waals surface area contributed by atoms with E-state index in [1.807, 2.05) is 6.08 Å². The highest BCUT2D eigenvalue weighted by atomic mass is 16.7. The molecule has 1 rings (SSSR count). The molecule has 0 aromatic heterocycles. The molecule has 0 radical (unpaired) electrons. The first-order chi connectivity index (χ1) is 37.7. The quantitative estimate of drug-likeness (QED) is 0.0195. The van der Waals surface area contributed by atoms with Crippen molar-refractivity contribution in [2.24, 2.45) is 0 Å². The average Bonchev–Trinajstić information content (AvgIpc) is 3.43. The van der Waals surface area contributed by atoms with Gasteiger partial charge in [-0.15, -0.1) is 0 Å². The molecule has 11 heteroatoms. The molecule has 0 spiro atoms. The summed E-state index contributed by atoms with van der Waals surface area (Å²) in [6, 6.07) is -1.04. The topological polar surface area (TPSA) is 175 Å². The van der Waals surface area contributed by atoms with E-state index in [4.69, 9.17) is 14.2 Å². The van der Waals surface area contributed by atoms with E-state index in [1.54, 1.807) is 6.08 Å². The molecule has 1 fully saturated rings. The summed E-state index contributed by atoms with van der Waals surface area (Å²) in [6.07, 6.45) is 58.0.